The number of benzene rings is 1. The predicted molar refractivity (Wildman–Crippen MR) is 183 cm³/mol. The summed E-state index contributed by atoms with van der Waals surface area (Å²) in [6.45, 7) is 5.23. The van der Waals surface area contributed by atoms with E-state index in [2.05, 4.69) is 41.0 Å². The Morgan fingerprint density at radius 1 is 1.17 bits per heavy atom. The number of fused-ring (bicyclic) bond motifs is 3. The summed E-state index contributed by atoms with van der Waals surface area (Å²) >= 11 is 1.72. The number of hydrogen-bond acceptors (Lipinski definition) is 8. The third-order valence-electron chi connectivity index (χ3n) is 12.6. The Morgan fingerprint density at radius 3 is 2.60 bits per heavy atom. The standard InChI is InChI=1S/C37H47FN6O2S/c1-4-31(36-18-37(19-36,20-36)34(45)46)43(3)35-41-29-14-11-24(23-7-5-8-25(38)15-23)16-28(29)33(42-35)40-30(32-22(2)39-21-47-32)17-44-26-9-6-10-27(44)13-12-26/h5,7-8,15,21,24,26-27,30-31H,4,6,9-14,16-20H2,1-3H3,(H,45,46)(H,40,41,42)/t24-,26?,27?,30+,31-,36?,37?/m1/s1. The molecule has 10 heteroatoms. The van der Waals surface area contributed by atoms with Gasteiger partial charge in [-0.15, -0.1) is 11.3 Å². The van der Waals surface area contributed by atoms with Crippen LogP contribution in [0.5, 0.6) is 0 Å². The number of aromatic nitrogens is 3. The van der Waals surface area contributed by atoms with E-state index in [4.69, 9.17) is 9.97 Å². The monoisotopic (exact) mass is 658 g/mol. The van der Waals surface area contributed by atoms with Gasteiger partial charge in [0.1, 0.15) is 11.6 Å². The minimum Gasteiger partial charge on any atom is -0.481 e. The van der Waals surface area contributed by atoms with Gasteiger partial charge in [0, 0.05) is 37.3 Å². The van der Waals surface area contributed by atoms with Crippen LogP contribution in [-0.4, -0.2) is 62.6 Å². The van der Waals surface area contributed by atoms with Crippen LogP contribution in [0.1, 0.15) is 110 Å². The van der Waals surface area contributed by atoms with E-state index in [9.17, 15) is 14.3 Å². The van der Waals surface area contributed by atoms with Gasteiger partial charge in [0.2, 0.25) is 5.95 Å². The molecular formula is C37H47FN6O2S. The van der Waals surface area contributed by atoms with Gasteiger partial charge < -0.3 is 15.3 Å². The normalized spacial score (nSPS) is 30.5. The number of hydrogen-bond donors (Lipinski definition) is 2. The number of anilines is 2. The highest BCUT2D eigenvalue weighted by atomic mass is 32.1. The lowest BCUT2D eigenvalue weighted by molar-refractivity contribution is -0.230. The Kier molecular flexibility index (Phi) is 7.82. The molecule has 3 aromatic rings. The van der Waals surface area contributed by atoms with Gasteiger partial charge in [-0.1, -0.05) is 25.5 Å². The highest BCUT2D eigenvalue weighted by Crippen LogP contribution is 2.75. The number of thiazole rings is 1. The van der Waals surface area contributed by atoms with Crippen molar-refractivity contribution in [1.82, 2.24) is 19.9 Å². The van der Waals surface area contributed by atoms with Crippen LogP contribution >= 0.6 is 11.3 Å². The number of carboxylic acid groups (broad SMARTS) is 1. The molecule has 2 saturated heterocycles. The minimum atomic E-state index is -0.646. The molecular weight excluding hydrogens is 612 g/mol. The molecule has 3 saturated carbocycles. The molecule has 250 valence electrons. The van der Waals surface area contributed by atoms with Crippen LogP contribution in [0.15, 0.2) is 29.8 Å². The van der Waals surface area contributed by atoms with Gasteiger partial charge in [-0.2, -0.15) is 4.98 Å². The highest BCUT2D eigenvalue weighted by Gasteiger charge is 2.74. The van der Waals surface area contributed by atoms with Crippen LogP contribution in [0, 0.1) is 23.6 Å². The van der Waals surface area contributed by atoms with Gasteiger partial charge in [0.25, 0.3) is 0 Å². The summed E-state index contributed by atoms with van der Waals surface area (Å²) < 4.78 is 14.3. The van der Waals surface area contributed by atoms with Gasteiger partial charge in [-0.25, -0.2) is 14.4 Å². The number of aliphatic carboxylic acids is 1. The number of nitrogens with one attached hydrogen (secondary N) is 1. The number of halogens is 1. The smallest absolute Gasteiger partial charge is 0.309 e. The molecule has 8 nitrogen and oxygen atoms in total. The molecule has 9 rings (SSSR count). The summed E-state index contributed by atoms with van der Waals surface area (Å²) in [5.74, 6) is 0.959. The fourth-order valence-electron chi connectivity index (χ4n) is 10.4. The Hall–Kier alpha value is -3.11. The van der Waals surface area contributed by atoms with Gasteiger partial charge >= 0.3 is 5.97 Å². The van der Waals surface area contributed by atoms with Crippen molar-refractivity contribution in [3.63, 3.8) is 0 Å². The van der Waals surface area contributed by atoms with Gasteiger partial charge in [0.05, 0.1) is 33.2 Å². The number of piperidine rings is 1. The van der Waals surface area contributed by atoms with Crippen LogP contribution in [0.3, 0.4) is 0 Å². The molecule has 2 unspecified atom stereocenters. The fraction of sp³-hybridized carbons (Fsp3) is 0.622. The maximum atomic E-state index is 14.3. The number of nitrogens with zero attached hydrogens (tertiary/aromatic N) is 5. The van der Waals surface area contributed by atoms with Crippen molar-refractivity contribution in [3.8, 4) is 0 Å². The molecule has 5 fully saturated rings. The Balaban J connectivity index is 1.15. The van der Waals surface area contributed by atoms with E-state index < -0.39 is 11.4 Å². The Labute approximate surface area is 281 Å². The topological polar surface area (TPSA) is 94.5 Å². The summed E-state index contributed by atoms with van der Waals surface area (Å²) in [5.41, 5.74) is 5.77. The zero-order valence-corrected chi connectivity index (χ0v) is 28.7. The van der Waals surface area contributed by atoms with Crippen molar-refractivity contribution in [2.24, 2.45) is 10.8 Å². The molecule has 4 bridgehead atoms. The maximum Gasteiger partial charge on any atom is 0.309 e. The first kappa shape index (κ1) is 31.2. The molecule has 0 amide bonds. The van der Waals surface area contributed by atoms with Gasteiger partial charge in [-0.3, -0.25) is 9.69 Å². The average molecular weight is 659 g/mol. The number of carbonyl (C=O) groups is 1. The Morgan fingerprint density at radius 2 is 1.94 bits per heavy atom. The molecule has 6 aliphatic rings. The van der Waals surface area contributed by atoms with Crippen molar-refractivity contribution < 1.29 is 14.3 Å². The third kappa shape index (κ3) is 5.25. The first-order valence-electron chi connectivity index (χ1n) is 17.7. The first-order valence-corrected chi connectivity index (χ1v) is 18.6. The predicted octanol–water partition coefficient (Wildman–Crippen LogP) is 7.29. The number of rotatable bonds is 11. The number of carboxylic acids is 1. The van der Waals surface area contributed by atoms with Gasteiger partial charge in [0.15, 0.2) is 0 Å². The molecule has 4 aliphatic carbocycles. The lowest BCUT2D eigenvalue weighted by Gasteiger charge is -2.71. The molecule has 2 N–H and O–H groups in total. The van der Waals surface area contributed by atoms with E-state index in [1.807, 2.05) is 17.6 Å². The summed E-state index contributed by atoms with van der Waals surface area (Å²) in [7, 11) is 2.10. The zero-order valence-electron chi connectivity index (χ0n) is 27.8. The SMILES string of the molecule is CC[C@@H](N(C)c1nc2c(c(N[C@@H](CN3C4CCCC3CC4)c3scnc3C)n1)C[C@H](c1cccc(F)c1)CC2)C12CC(C(=O)O)(C1)C2. The number of aryl methyl sites for hydroxylation is 2. The van der Waals surface area contributed by atoms with Crippen LogP contribution in [0.2, 0.25) is 0 Å². The molecule has 5 atom stereocenters. The first-order chi connectivity index (χ1) is 22.7. The lowest BCUT2D eigenvalue weighted by Crippen LogP contribution is -2.72. The molecule has 0 spiro atoms. The van der Waals surface area contributed by atoms with Crippen molar-refractivity contribution in [3.05, 3.63) is 63.0 Å². The quantitative estimate of drug-likeness (QED) is 0.222. The van der Waals surface area contributed by atoms with Crippen molar-refractivity contribution in [2.45, 2.75) is 121 Å². The van der Waals surface area contributed by atoms with E-state index in [-0.39, 0.29) is 29.2 Å². The highest BCUT2D eigenvalue weighted by molar-refractivity contribution is 7.09. The van der Waals surface area contributed by atoms with Crippen LogP contribution in [0.25, 0.3) is 0 Å². The maximum absolute atomic E-state index is 14.3. The molecule has 4 heterocycles. The Bertz CT molecular complexity index is 1640. The van der Waals surface area contributed by atoms with E-state index in [1.165, 1.54) is 43.0 Å². The summed E-state index contributed by atoms with van der Waals surface area (Å²) in [4.78, 5) is 33.4. The third-order valence-corrected chi connectivity index (χ3v) is 13.7. The molecule has 2 aromatic heterocycles. The van der Waals surface area contributed by atoms with Crippen molar-refractivity contribution in [2.75, 3.05) is 23.8 Å². The van der Waals surface area contributed by atoms with Crippen LogP contribution < -0.4 is 10.2 Å². The van der Waals surface area contributed by atoms with Crippen LogP contribution in [0.4, 0.5) is 16.2 Å². The van der Waals surface area contributed by atoms with Gasteiger partial charge in [-0.05, 0) is 107 Å². The van der Waals surface area contributed by atoms with E-state index >= 15 is 0 Å². The summed E-state index contributed by atoms with van der Waals surface area (Å²) in [6.07, 6.45) is 12.1. The second-order valence-corrected chi connectivity index (χ2v) is 16.2. The summed E-state index contributed by atoms with van der Waals surface area (Å²) in [5, 5.41) is 13.8. The van der Waals surface area contributed by atoms with E-state index in [0.717, 1.165) is 79.8 Å². The second kappa shape index (κ2) is 11.8. The second-order valence-electron chi connectivity index (χ2n) is 15.3. The zero-order chi connectivity index (χ0) is 32.5. The largest absolute Gasteiger partial charge is 0.481 e. The lowest BCUT2D eigenvalue weighted by atomic mass is 9.33. The van der Waals surface area contributed by atoms with Crippen molar-refractivity contribution in [1.29, 1.82) is 0 Å². The van der Waals surface area contributed by atoms with Crippen molar-refractivity contribution >= 4 is 29.1 Å². The molecule has 0 radical (unpaired) electrons. The van der Waals surface area contributed by atoms with Crippen LogP contribution in [-0.2, 0) is 17.6 Å². The molecule has 47 heavy (non-hydrogen) atoms. The molecule has 2 aliphatic heterocycles. The van der Waals surface area contributed by atoms with E-state index in [0.29, 0.717) is 18.0 Å². The molecule has 1 aromatic carbocycles. The summed E-state index contributed by atoms with van der Waals surface area (Å²) in [6, 6.07) is 8.59. The average Bonchev–Trinajstić information content (AvgIpc) is 3.53. The minimum absolute atomic E-state index is 0.0209. The fourth-order valence-corrected chi connectivity index (χ4v) is 11.2. The van der Waals surface area contributed by atoms with E-state index in [1.54, 1.807) is 17.4 Å².